The van der Waals surface area contributed by atoms with Gasteiger partial charge in [0.25, 0.3) is 0 Å². The summed E-state index contributed by atoms with van der Waals surface area (Å²) in [6.07, 6.45) is 3.37. The molecule has 1 aliphatic heterocycles. The van der Waals surface area contributed by atoms with Crippen LogP contribution in [0.25, 0.3) is 0 Å². The number of nitrogens with one attached hydrogen (secondary N) is 2. The fraction of sp³-hybridized carbons (Fsp3) is 0.545. The first-order valence-electron chi connectivity index (χ1n) is 10.5. The van der Waals surface area contributed by atoms with Gasteiger partial charge in [-0.25, -0.2) is 9.98 Å². The standard InChI is InChI=1S/C22H32N4O2S.HI/c1-4-21-26-18(15-29-21)13-25-22(23-5-2)24-12-17-9-8-16(3)11-20(17)28-14-19-7-6-10-27-19;/h8-9,11,15,19H,4-7,10,12-14H2,1-3H3,(H2,23,24,25);1H. The normalized spacial score (nSPS) is 16.2. The molecule has 2 N–H and O–H groups in total. The van der Waals surface area contributed by atoms with Crippen LogP contribution in [0.1, 0.15) is 48.5 Å². The summed E-state index contributed by atoms with van der Waals surface area (Å²) in [6.45, 7) is 9.73. The van der Waals surface area contributed by atoms with E-state index in [4.69, 9.17) is 14.5 Å². The zero-order valence-corrected chi connectivity index (χ0v) is 21.2. The number of aryl methyl sites for hydroxylation is 2. The molecule has 0 aliphatic carbocycles. The topological polar surface area (TPSA) is 67.8 Å². The molecule has 30 heavy (non-hydrogen) atoms. The molecule has 1 unspecified atom stereocenters. The molecular formula is C22H33IN4O2S. The van der Waals surface area contributed by atoms with Crippen molar-refractivity contribution in [2.45, 2.75) is 59.2 Å². The monoisotopic (exact) mass is 544 g/mol. The van der Waals surface area contributed by atoms with Gasteiger partial charge in [0.15, 0.2) is 5.96 Å². The lowest BCUT2D eigenvalue weighted by Gasteiger charge is -2.15. The molecule has 3 rings (SSSR count). The van der Waals surface area contributed by atoms with E-state index in [2.05, 4.69) is 60.0 Å². The smallest absolute Gasteiger partial charge is 0.191 e. The number of aliphatic imine (C=N–C) groups is 1. The SMILES string of the molecule is CCNC(=NCc1ccc(C)cc1OCC1CCCO1)NCc1csc(CC)n1.I. The highest BCUT2D eigenvalue weighted by molar-refractivity contribution is 14.0. The zero-order chi connectivity index (χ0) is 20.5. The molecule has 1 fully saturated rings. The maximum Gasteiger partial charge on any atom is 0.191 e. The van der Waals surface area contributed by atoms with E-state index in [1.54, 1.807) is 11.3 Å². The molecule has 2 heterocycles. The number of hydrogen-bond donors (Lipinski definition) is 2. The Bertz CT molecular complexity index is 806. The Morgan fingerprint density at radius 2 is 2.20 bits per heavy atom. The molecule has 0 bridgehead atoms. The first kappa shape index (κ1) is 24.9. The molecule has 8 heteroatoms. The number of nitrogens with zero attached hydrogens (tertiary/aromatic N) is 2. The highest BCUT2D eigenvalue weighted by Crippen LogP contribution is 2.23. The van der Waals surface area contributed by atoms with Gasteiger partial charge in [0.05, 0.1) is 29.9 Å². The second-order valence-electron chi connectivity index (χ2n) is 7.19. The maximum absolute atomic E-state index is 6.09. The van der Waals surface area contributed by atoms with Crippen LogP contribution in [-0.2, 0) is 24.2 Å². The third kappa shape index (κ3) is 7.70. The molecular weight excluding hydrogens is 511 g/mol. The fourth-order valence-corrected chi connectivity index (χ4v) is 3.90. The van der Waals surface area contributed by atoms with Crippen LogP contribution in [0.15, 0.2) is 28.6 Å². The molecule has 1 aromatic carbocycles. The summed E-state index contributed by atoms with van der Waals surface area (Å²) in [7, 11) is 0. The molecule has 0 radical (unpaired) electrons. The van der Waals surface area contributed by atoms with Gasteiger partial charge in [-0.05, 0) is 44.7 Å². The number of guanidine groups is 1. The third-order valence-electron chi connectivity index (χ3n) is 4.76. The molecule has 6 nitrogen and oxygen atoms in total. The summed E-state index contributed by atoms with van der Waals surface area (Å²) >= 11 is 1.71. The van der Waals surface area contributed by atoms with E-state index in [0.29, 0.717) is 19.7 Å². The average molecular weight is 545 g/mol. The lowest BCUT2D eigenvalue weighted by molar-refractivity contribution is 0.0676. The van der Waals surface area contributed by atoms with Crippen molar-refractivity contribution in [1.29, 1.82) is 0 Å². The third-order valence-corrected chi connectivity index (χ3v) is 5.80. The predicted molar refractivity (Wildman–Crippen MR) is 134 cm³/mol. The zero-order valence-electron chi connectivity index (χ0n) is 18.1. The van der Waals surface area contributed by atoms with Crippen molar-refractivity contribution < 1.29 is 9.47 Å². The van der Waals surface area contributed by atoms with E-state index in [-0.39, 0.29) is 30.1 Å². The second-order valence-corrected chi connectivity index (χ2v) is 8.13. The van der Waals surface area contributed by atoms with E-state index in [1.807, 2.05) is 0 Å². The molecule has 2 aromatic rings. The van der Waals surface area contributed by atoms with Crippen molar-refractivity contribution in [2.75, 3.05) is 19.8 Å². The molecule has 1 aromatic heterocycles. The average Bonchev–Trinajstić information content (AvgIpc) is 3.41. The van der Waals surface area contributed by atoms with E-state index in [9.17, 15) is 0 Å². The van der Waals surface area contributed by atoms with E-state index < -0.39 is 0 Å². The molecule has 0 saturated carbocycles. The van der Waals surface area contributed by atoms with Crippen LogP contribution in [0.5, 0.6) is 5.75 Å². The van der Waals surface area contributed by atoms with Crippen molar-refractivity contribution in [2.24, 2.45) is 4.99 Å². The van der Waals surface area contributed by atoms with Crippen molar-refractivity contribution in [3.63, 3.8) is 0 Å². The minimum absolute atomic E-state index is 0. The van der Waals surface area contributed by atoms with Crippen molar-refractivity contribution in [1.82, 2.24) is 15.6 Å². The lowest BCUT2D eigenvalue weighted by Crippen LogP contribution is -2.36. The summed E-state index contributed by atoms with van der Waals surface area (Å²) < 4.78 is 11.8. The summed E-state index contributed by atoms with van der Waals surface area (Å²) in [5.41, 5.74) is 3.31. The van der Waals surface area contributed by atoms with Crippen molar-refractivity contribution >= 4 is 41.3 Å². The quantitative estimate of drug-likeness (QED) is 0.278. The second kappa shape index (κ2) is 13.1. The lowest BCUT2D eigenvalue weighted by atomic mass is 10.1. The van der Waals surface area contributed by atoms with Gasteiger partial charge in [-0.3, -0.25) is 0 Å². The first-order valence-corrected chi connectivity index (χ1v) is 11.3. The molecule has 1 saturated heterocycles. The Kier molecular flexibility index (Phi) is 10.9. The molecule has 1 aliphatic rings. The predicted octanol–water partition coefficient (Wildman–Crippen LogP) is 4.45. The number of halogens is 1. The maximum atomic E-state index is 6.09. The highest BCUT2D eigenvalue weighted by Gasteiger charge is 2.17. The van der Waals surface area contributed by atoms with Crippen LogP contribution in [0, 0.1) is 6.92 Å². The van der Waals surface area contributed by atoms with Gasteiger partial charge >= 0.3 is 0 Å². The van der Waals surface area contributed by atoms with Gasteiger partial charge in [0.1, 0.15) is 12.4 Å². The Balaban J connectivity index is 0.00000320. The van der Waals surface area contributed by atoms with Gasteiger partial charge in [-0.15, -0.1) is 35.3 Å². The van der Waals surface area contributed by atoms with E-state index in [0.717, 1.165) is 60.4 Å². The van der Waals surface area contributed by atoms with E-state index in [1.165, 1.54) is 5.56 Å². The summed E-state index contributed by atoms with van der Waals surface area (Å²) in [5.74, 6) is 1.68. The first-order chi connectivity index (χ1) is 14.2. The molecule has 0 spiro atoms. The fourth-order valence-electron chi connectivity index (χ4n) is 3.16. The Labute approximate surface area is 200 Å². The van der Waals surface area contributed by atoms with Gasteiger partial charge in [-0.1, -0.05) is 19.1 Å². The van der Waals surface area contributed by atoms with E-state index >= 15 is 0 Å². The number of ether oxygens (including phenoxy) is 2. The number of benzene rings is 1. The van der Waals surface area contributed by atoms with Crippen LogP contribution >= 0.6 is 35.3 Å². The molecule has 1 atom stereocenters. The molecule has 0 amide bonds. The van der Waals surface area contributed by atoms with Crippen LogP contribution < -0.4 is 15.4 Å². The summed E-state index contributed by atoms with van der Waals surface area (Å²) in [5, 5.41) is 9.95. The van der Waals surface area contributed by atoms with Gasteiger partial charge < -0.3 is 20.1 Å². The minimum atomic E-state index is 0. The van der Waals surface area contributed by atoms with Crippen LogP contribution in [0.4, 0.5) is 0 Å². The number of rotatable bonds is 9. The Morgan fingerprint density at radius 1 is 1.33 bits per heavy atom. The number of aromatic nitrogens is 1. The van der Waals surface area contributed by atoms with Crippen LogP contribution in [-0.4, -0.2) is 36.8 Å². The van der Waals surface area contributed by atoms with Gasteiger partial charge in [0.2, 0.25) is 0 Å². The highest BCUT2D eigenvalue weighted by atomic mass is 127. The van der Waals surface area contributed by atoms with Crippen molar-refractivity contribution in [3.8, 4) is 5.75 Å². The van der Waals surface area contributed by atoms with Crippen LogP contribution in [0.2, 0.25) is 0 Å². The van der Waals surface area contributed by atoms with Crippen molar-refractivity contribution in [3.05, 3.63) is 45.4 Å². The largest absolute Gasteiger partial charge is 0.491 e. The number of thiazole rings is 1. The van der Waals surface area contributed by atoms with Gasteiger partial charge in [-0.2, -0.15) is 0 Å². The summed E-state index contributed by atoms with van der Waals surface area (Å²) in [4.78, 5) is 9.36. The Hall–Kier alpha value is -1.39. The van der Waals surface area contributed by atoms with Gasteiger partial charge in [0, 0.05) is 24.1 Å². The number of hydrogen-bond acceptors (Lipinski definition) is 5. The Morgan fingerprint density at radius 3 is 2.90 bits per heavy atom. The molecule has 166 valence electrons. The summed E-state index contributed by atoms with van der Waals surface area (Å²) in [6, 6.07) is 6.29. The van der Waals surface area contributed by atoms with Crippen LogP contribution in [0.3, 0.4) is 0 Å². The minimum Gasteiger partial charge on any atom is -0.491 e.